The van der Waals surface area contributed by atoms with Crippen molar-refractivity contribution >= 4 is 12.1 Å². The van der Waals surface area contributed by atoms with Crippen LogP contribution in [0.5, 0.6) is 0 Å². The molecule has 1 aliphatic rings. The molecule has 28 heavy (non-hydrogen) atoms. The minimum atomic E-state index is -0.519. The van der Waals surface area contributed by atoms with Gasteiger partial charge >= 0.3 is 12.1 Å². The van der Waals surface area contributed by atoms with Gasteiger partial charge in [-0.25, -0.2) is 14.0 Å². The van der Waals surface area contributed by atoms with Crippen LogP contribution in [0.3, 0.4) is 0 Å². The molecule has 0 aliphatic carbocycles. The number of nitrogens with one attached hydrogen (secondary N) is 1. The van der Waals surface area contributed by atoms with Crippen molar-refractivity contribution in [1.29, 1.82) is 0 Å². The number of hydrogen-bond donors (Lipinski definition) is 1. The Kier molecular flexibility index (Phi) is 7.66. The average molecular weight is 394 g/mol. The molecule has 3 amide bonds. The van der Waals surface area contributed by atoms with E-state index < -0.39 is 5.60 Å². The molecule has 0 radical (unpaired) electrons. The summed E-state index contributed by atoms with van der Waals surface area (Å²) in [4.78, 5) is 28.0. The number of piperidine rings is 1. The lowest BCUT2D eigenvalue weighted by Gasteiger charge is -2.35. The van der Waals surface area contributed by atoms with Crippen LogP contribution in [-0.4, -0.2) is 60.8 Å². The normalized spacial score (nSPS) is 17.2. The van der Waals surface area contributed by atoms with Gasteiger partial charge in [0.15, 0.2) is 0 Å². The predicted octanol–water partition coefficient (Wildman–Crippen LogP) is 3.66. The summed E-state index contributed by atoms with van der Waals surface area (Å²) in [7, 11) is 1.73. The van der Waals surface area contributed by atoms with Crippen molar-refractivity contribution in [2.24, 2.45) is 5.92 Å². The first-order valence-electron chi connectivity index (χ1n) is 9.85. The highest BCUT2D eigenvalue weighted by molar-refractivity contribution is 5.74. The minimum Gasteiger partial charge on any atom is -0.444 e. The molecule has 0 aromatic heterocycles. The van der Waals surface area contributed by atoms with Crippen molar-refractivity contribution in [1.82, 2.24) is 15.1 Å². The van der Waals surface area contributed by atoms with Crippen LogP contribution in [0.2, 0.25) is 0 Å². The SMILES string of the molecule is CN(CC1CCCN(C(=O)NCCc2ccc(F)cc2)C1)C(=O)OC(C)(C)C. The summed E-state index contributed by atoms with van der Waals surface area (Å²) in [6, 6.07) is 6.21. The molecule has 0 spiro atoms. The Labute approximate surface area is 167 Å². The van der Waals surface area contributed by atoms with E-state index in [4.69, 9.17) is 4.74 Å². The largest absolute Gasteiger partial charge is 0.444 e. The van der Waals surface area contributed by atoms with Crippen LogP contribution in [0.4, 0.5) is 14.0 Å². The number of benzene rings is 1. The van der Waals surface area contributed by atoms with Crippen molar-refractivity contribution in [2.45, 2.75) is 45.6 Å². The van der Waals surface area contributed by atoms with E-state index in [1.807, 2.05) is 25.7 Å². The van der Waals surface area contributed by atoms with Gasteiger partial charge in [0.1, 0.15) is 11.4 Å². The molecule has 6 nitrogen and oxygen atoms in total. The standard InChI is InChI=1S/C21H32FN3O3/c1-21(2,3)28-20(27)24(4)14-17-6-5-13-25(15-17)19(26)23-12-11-16-7-9-18(22)10-8-16/h7-10,17H,5-6,11-15H2,1-4H3,(H,23,26). The van der Waals surface area contributed by atoms with Crippen LogP contribution in [0.25, 0.3) is 0 Å². The molecule has 1 heterocycles. The highest BCUT2D eigenvalue weighted by atomic mass is 19.1. The number of hydrogen-bond acceptors (Lipinski definition) is 3. The molecule has 1 aromatic rings. The second-order valence-electron chi connectivity index (χ2n) is 8.42. The number of ether oxygens (including phenoxy) is 1. The fourth-order valence-electron chi connectivity index (χ4n) is 3.28. The summed E-state index contributed by atoms with van der Waals surface area (Å²) in [5, 5.41) is 2.93. The summed E-state index contributed by atoms with van der Waals surface area (Å²) in [6.45, 7) is 7.94. The first-order chi connectivity index (χ1) is 13.1. The van der Waals surface area contributed by atoms with Gasteiger partial charge in [-0.05, 0) is 63.6 Å². The van der Waals surface area contributed by atoms with Crippen molar-refractivity contribution in [2.75, 3.05) is 33.2 Å². The summed E-state index contributed by atoms with van der Waals surface area (Å²) in [5.41, 5.74) is 0.464. The van der Waals surface area contributed by atoms with Crippen molar-refractivity contribution < 1.29 is 18.7 Å². The van der Waals surface area contributed by atoms with Crippen LogP contribution >= 0.6 is 0 Å². The Morgan fingerprint density at radius 1 is 1.29 bits per heavy atom. The molecule has 7 heteroatoms. The van der Waals surface area contributed by atoms with Gasteiger partial charge in [-0.2, -0.15) is 0 Å². The zero-order chi connectivity index (χ0) is 20.7. The molecule has 2 rings (SSSR count). The number of carbonyl (C=O) groups is 2. The maximum atomic E-state index is 12.9. The summed E-state index contributed by atoms with van der Waals surface area (Å²) >= 11 is 0. The molecule has 1 N–H and O–H groups in total. The Hall–Kier alpha value is -2.31. The van der Waals surface area contributed by atoms with Gasteiger partial charge < -0.3 is 19.9 Å². The Morgan fingerprint density at radius 3 is 2.61 bits per heavy atom. The zero-order valence-corrected chi connectivity index (χ0v) is 17.3. The van der Waals surface area contributed by atoms with Crippen LogP contribution in [0.1, 0.15) is 39.2 Å². The predicted molar refractivity (Wildman–Crippen MR) is 107 cm³/mol. The van der Waals surface area contributed by atoms with Gasteiger partial charge in [-0.3, -0.25) is 0 Å². The molecule has 1 atom stereocenters. The maximum absolute atomic E-state index is 12.9. The molecule has 1 aliphatic heterocycles. The van der Waals surface area contributed by atoms with E-state index in [0.717, 1.165) is 24.9 Å². The van der Waals surface area contributed by atoms with Gasteiger partial charge in [0, 0.05) is 33.2 Å². The fraction of sp³-hybridized carbons (Fsp3) is 0.619. The lowest BCUT2D eigenvalue weighted by molar-refractivity contribution is 0.0252. The Bertz CT molecular complexity index is 658. The highest BCUT2D eigenvalue weighted by Gasteiger charge is 2.27. The third-order valence-corrected chi connectivity index (χ3v) is 4.65. The quantitative estimate of drug-likeness (QED) is 0.831. The molecule has 156 valence electrons. The van der Waals surface area contributed by atoms with E-state index in [2.05, 4.69) is 5.32 Å². The van der Waals surface area contributed by atoms with Gasteiger partial charge in [0.05, 0.1) is 0 Å². The molecular weight excluding hydrogens is 361 g/mol. The molecule has 1 unspecified atom stereocenters. The van der Waals surface area contributed by atoms with Gasteiger partial charge in [0.2, 0.25) is 0 Å². The van der Waals surface area contributed by atoms with E-state index in [1.54, 1.807) is 24.1 Å². The van der Waals surface area contributed by atoms with Crippen molar-refractivity contribution in [3.05, 3.63) is 35.6 Å². The average Bonchev–Trinajstić information content (AvgIpc) is 2.62. The first kappa shape index (κ1) is 22.0. The lowest BCUT2D eigenvalue weighted by Crippen LogP contribution is -2.48. The number of amides is 3. The van der Waals surface area contributed by atoms with Crippen LogP contribution in [0, 0.1) is 11.7 Å². The van der Waals surface area contributed by atoms with Crippen molar-refractivity contribution in [3.8, 4) is 0 Å². The van der Waals surface area contributed by atoms with Crippen LogP contribution in [-0.2, 0) is 11.2 Å². The number of urea groups is 1. The molecule has 0 bridgehead atoms. The summed E-state index contributed by atoms with van der Waals surface area (Å²) in [5.74, 6) is -0.0300. The van der Waals surface area contributed by atoms with E-state index >= 15 is 0 Å². The monoisotopic (exact) mass is 393 g/mol. The third-order valence-electron chi connectivity index (χ3n) is 4.65. The first-order valence-corrected chi connectivity index (χ1v) is 9.85. The van der Waals surface area contributed by atoms with Gasteiger partial charge in [-0.1, -0.05) is 12.1 Å². The number of halogens is 1. The van der Waals surface area contributed by atoms with Gasteiger partial charge in [0.25, 0.3) is 0 Å². The topological polar surface area (TPSA) is 61.9 Å². The van der Waals surface area contributed by atoms with E-state index in [1.165, 1.54) is 12.1 Å². The third kappa shape index (κ3) is 7.37. The zero-order valence-electron chi connectivity index (χ0n) is 17.3. The number of carbonyl (C=O) groups excluding carboxylic acids is 2. The summed E-state index contributed by atoms with van der Waals surface area (Å²) < 4.78 is 18.3. The number of rotatable bonds is 5. The second kappa shape index (κ2) is 9.75. The Balaban J connectivity index is 1.76. The molecule has 0 saturated carbocycles. The minimum absolute atomic E-state index is 0.0910. The molecule has 1 fully saturated rings. The fourth-order valence-corrected chi connectivity index (χ4v) is 3.28. The smallest absolute Gasteiger partial charge is 0.410 e. The van der Waals surface area contributed by atoms with E-state index in [0.29, 0.717) is 26.1 Å². The molecule has 1 aromatic carbocycles. The lowest BCUT2D eigenvalue weighted by atomic mass is 9.98. The summed E-state index contributed by atoms with van der Waals surface area (Å²) in [6.07, 6.45) is 2.21. The number of nitrogens with zero attached hydrogens (tertiary/aromatic N) is 2. The second-order valence-corrected chi connectivity index (χ2v) is 8.42. The highest BCUT2D eigenvalue weighted by Crippen LogP contribution is 2.18. The molecule has 1 saturated heterocycles. The number of likely N-dealkylation sites (tertiary alicyclic amines) is 1. The van der Waals surface area contributed by atoms with E-state index in [-0.39, 0.29) is 23.9 Å². The van der Waals surface area contributed by atoms with Crippen LogP contribution < -0.4 is 5.32 Å². The molecular formula is C21H32FN3O3. The van der Waals surface area contributed by atoms with Crippen molar-refractivity contribution in [3.63, 3.8) is 0 Å². The van der Waals surface area contributed by atoms with E-state index in [9.17, 15) is 14.0 Å². The Morgan fingerprint density at radius 2 is 1.96 bits per heavy atom. The maximum Gasteiger partial charge on any atom is 0.410 e. The van der Waals surface area contributed by atoms with Crippen LogP contribution in [0.15, 0.2) is 24.3 Å². The van der Waals surface area contributed by atoms with Gasteiger partial charge in [-0.15, -0.1) is 0 Å².